The second-order valence-corrected chi connectivity index (χ2v) is 9.64. The average Bonchev–Trinajstić information content (AvgIpc) is 3.03. The molecule has 5 rings (SSSR count). The fourth-order valence-electron chi connectivity index (χ4n) is 3.58. The highest BCUT2D eigenvalue weighted by atomic mass is 32.2. The van der Waals surface area contributed by atoms with Crippen molar-refractivity contribution in [1.82, 2.24) is 20.0 Å². The Morgan fingerprint density at radius 1 is 0.914 bits per heavy atom. The van der Waals surface area contributed by atoms with Crippen LogP contribution in [-0.4, -0.2) is 41.6 Å². The van der Waals surface area contributed by atoms with Gasteiger partial charge in [0.25, 0.3) is 10.0 Å². The van der Waals surface area contributed by atoms with Gasteiger partial charge in [-0.05, 0) is 62.4 Å². The van der Waals surface area contributed by atoms with Gasteiger partial charge in [0.15, 0.2) is 17.3 Å². The van der Waals surface area contributed by atoms with Gasteiger partial charge in [0.1, 0.15) is 5.75 Å². The van der Waals surface area contributed by atoms with Crippen LogP contribution < -0.4 is 18.9 Å². The Kier molecular flexibility index (Phi) is 6.00. The Morgan fingerprint density at radius 3 is 2.37 bits per heavy atom. The SMILES string of the molecule is Cc1cc(C)n(-c2ccc(Oc3ccc(NS(=O)(=O)c4ccc5c(c4)OCCCO5)cc3)nn2)n1. The molecule has 35 heavy (non-hydrogen) atoms. The third-order valence-corrected chi connectivity index (χ3v) is 6.59. The summed E-state index contributed by atoms with van der Waals surface area (Å²) in [5.74, 6) is 2.32. The molecule has 1 N–H and O–H groups in total. The van der Waals surface area contributed by atoms with Crippen LogP contribution in [0.1, 0.15) is 17.8 Å². The maximum Gasteiger partial charge on any atom is 0.262 e. The van der Waals surface area contributed by atoms with Crippen LogP contribution >= 0.6 is 0 Å². The third kappa shape index (κ3) is 5.04. The Labute approximate surface area is 202 Å². The Morgan fingerprint density at radius 2 is 1.69 bits per heavy atom. The summed E-state index contributed by atoms with van der Waals surface area (Å²) in [7, 11) is -3.82. The van der Waals surface area contributed by atoms with E-state index < -0.39 is 10.0 Å². The molecule has 1 aliphatic rings. The third-order valence-electron chi connectivity index (χ3n) is 5.21. The Bertz CT molecular complexity index is 1450. The zero-order valence-corrected chi connectivity index (χ0v) is 19.9. The number of nitrogens with zero attached hydrogens (tertiary/aromatic N) is 4. The van der Waals surface area contributed by atoms with Gasteiger partial charge in [-0.1, -0.05) is 0 Å². The van der Waals surface area contributed by atoms with E-state index >= 15 is 0 Å². The fraction of sp³-hybridized carbons (Fsp3) is 0.208. The Balaban J connectivity index is 1.26. The molecule has 0 atom stereocenters. The average molecular weight is 494 g/mol. The molecule has 0 aliphatic carbocycles. The molecule has 2 aromatic carbocycles. The lowest BCUT2D eigenvalue weighted by Crippen LogP contribution is -2.13. The van der Waals surface area contributed by atoms with E-state index in [0.29, 0.717) is 47.8 Å². The number of anilines is 1. The first-order valence-corrected chi connectivity index (χ1v) is 12.4. The Hall–Kier alpha value is -4.12. The minimum absolute atomic E-state index is 0.0834. The van der Waals surface area contributed by atoms with Crippen molar-refractivity contribution in [3.05, 3.63) is 72.1 Å². The fourth-order valence-corrected chi connectivity index (χ4v) is 4.65. The quantitative estimate of drug-likeness (QED) is 0.428. The molecule has 2 aromatic heterocycles. The minimum Gasteiger partial charge on any atom is -0.490 e. The number of rotatable bonds is 6. The first kappa shape index (κ1) is 22.7. The molecule has 180 valence electrons. The molecule has 4 aromatic rings. The molecule has 1 aliphatic heterocycles. The summed E-state index contributed by atoms with van der Waals surface area (Å²) < 4.78 is 46.9. The lowest BCUT2D eigenvalue weighted by Gasteiger charge is -2.12. The highest BCUT2D eigenvalue weighted by Gasteiger charge is 2.19. The molecule has 0 bridgehead atoms. The number of hydrogen-bond donors (Lipinski definition) is 1. The standard InChI is InChI=1S/C24H23N5O5S/c1-16-14-17(2)29(27-16)23-10-11-24(26-25-23)34-19-6-4-18(5-7-19)28-35(30,31)20-8-9-21-22(15-20)33-13-3-12-32-21/h4-11,14-15,28H,3,12-13H2,1-2H3. The van der Waals surface area contributed by atoms with Crippen LogP contribution in [-0.2, 0) is 10.0 Å². The minimum atomic E-state index is -3.82. The van der Waals surface area contributed by atoms with Crippen molar-refractivity contribution in [3.63, 3.8) is 0 Å². The highest BCUT2D eigenvalue weighted by molar-refractivity contribution is 7.92. The van der Waals surface area contributed by atoms with Gasteiger partial charge in [-0.25, -0.2) is 13.1 Å². The van der Waals surface area contributed by atoms with Crippen molar-refractivity contribution in [1.29, 1.82) is 0 Å². The van der Waals surface area contributed by atoms with Gasteiger partial charge >= 0.3 is 0 Å². The lowest BCUT2D eigenvalue weighted by molar-refractivity contribution is 0.297. The van der Waals surface area contributed by atoms with E-state index in [9.17, 15) is 8.42 Å². The summed E-state index contributed by atoms with van der Waals surface area (Å²) in [4.78, 5) is 0.0834. The van der Waals surface area contributed by atoms with E-state index in [-0.39, 0.29) is 4.90 Å². The summed E-state index contributed by atoms with van der Waals surface area (Å²) in [6, 6.07) is 16.5. The lowest BCUT2D eigenvalue weighted by atomic mass is 10.3. The van der Waals surface area contributed by atoms with Crippen LogP contribution in [0.15, 0.2) is 65.6 Å². The van der Waals surface area contributed by atoms with Gasteiger partial charge < -0.3 is 14.2 Å². The molecule has 0 radical (unpaired) electrons. The van der Waals surface area contributed by atoms with E-state index in [2.05, 4.69) is 20.0 Å². The van der Waals surface area contributed by atoms with E-state index in [1.165, 1.54) is 12.1 Å². The molecule has 0 unspecified atom stereocenters. The molecule has 0 saturated heterocycles. The summed E-state index contributed by atoms with van der Waals surface area (Å²) >= 11 is 0. The normalized spacial score (nSPS) is 13.2. The van der Waals surface area contributed by atoms with Gasteiger partial charge in [-0.2, -0.15) is 5.10 Å². The van der Waals surface area contributed by atoms with Crippen molar-refractivity contribution in [2.75, 3.05) is 17.9 Å². The zero-order valence-electron chi connectivity index (χ0n) is 19.1. The first-order chi connectivity index (χ1) is 16.9. The number of aryl methyl sites for hydroxylation is 2. The van der Waals surface area contributed by atoms with E-state index in [1.54, 1.807) is 47.1 Å². The maximum absolute atomic E-state index is 12.9. The maximum atomic E-state index is 12.9. The van der Waals surface area contributed by atoms with E-state index in [0.717, 1.165) is 17.8 Å². The van der Waals surface area contributed by atoms with Crippen LogP contribution in [0.2, 0.25) is 0 Å². The highest BCUT2D eigenvalue weighted by Crippen LogP contribution is 2.32. The van der Waals surface area contributed by atoms with Gasteiger partial charge in [0.2, 0.25) is 5.88 Å². The largest absolute Gasteiger partial charge is 0.490 e. The van der Waals surface area contributed by atoms with Crippen molar-refractivity contribution in [2.24, 2.45) is 0 Å². The van der Waals surface area contributed by atoms with E-state index in [1.807, 2.05) is 19.9 Å². The number of benzene rings is 2. The molecular weight excluding hydrogens is 470 g/mol. The number of aromatic nitrogens is 4. The van der Waals surface area contributed by atoms with E-state index in [4.69, 9.17) is 14.2 Å². The van der Waals surface area contributed by atoms with Gasteiger partial charge in [0.05, 0.1) is 23.8 Å². The van der Waals surface area contributed by atoms with Gasteiger partial charge in [-0.3, -0.25) is 4.72 Å². The first-order valence-electron chi connectivity index (χ1n) is 11.0. The predicted octanol–water partition coefficient (Wildman–Crippen LogP) is 4.03. The molecule has 0 fully saturated rings. The molecular formula is C24H23N5O5S. The van der Waals surface area contributed by atoms with Crippen LogP contribution in [0.3, 0.4) is 0 Å². The predicted molar refractivity (Wildman–Crippen MR) is 128 cm³/mol. The van der Waals surface area contributed by atoms with Crippen LogP contribution in [0.4, 0.5) is 5.69 Å². The van der Waals surface area contributed by atoms with Crippen molar-refractivity contribution in [3.8, 4) is 28.9 Å². The number of fused-ring (bicyclic) bond motifs is 1. The van der Waals surface area contributed by atoms with Crippen molar-refractivity contribution < 1.29 is 22.6 Å². The number of ether oxygens (including phenoxy) is 3. The second-order valence-electron chi connectivity index (χ2n) is 7.96. The second kappa shape index (κ2) is 9.26. The molecule has 3 heterocycles. The van der Waals surface area contributed by atoms with Crippen molar-refractivity contribution in [2.45, 2.75) is 25.2 Å². The van der Waals surface area contributed by atoms with Crippen LogP contribution in [0.25, 0.3) is 5.82 Å². The number of hydrogen-bond acceptors (Lipinski definition) is 8. The molecule has 0 amide bonds. The number of sulfonamides is 1. The van der Waals surface area contributed by atoms with Gasteiger partial charge in [0, 0.05) is 29.9 Å². The molecule has 10 nitrogen and oxygen atoms in total. The topological polar surface area (TPSA) is 117 Å². The summed E-state index contributed by atoms with van der Waals surface area (Å²) in [6.45, 7) is 4.86. The zero-order chi connectivity index (χ0) is 24.4. The monoisotopic (exact) mass is 493 g/mol. The molecule has 11 heteroatoms. The molecule has 0 saturated carbocycles. The summed E-state index contributed by atoms with van der Waals surface area (Å²) in [5.41, 5.74) is 2.23. The molecule has 0 spiro atoms. The van der Waals surface area contributed by atoms with Gasteiger partial charge in [-0.15, -0.1) is 10.2 Å². The summed E-state index contributed by atoms with van der Waals surface area (Å²) in [6.07, 6.45) is 0.739. The summed E-state index contributed by atoms with van der Waals surface area (Å²) in [5, 5.41) is 12.7. The van der Waals surface area contributed by atoms with Crippen LogP contribution in [0.5, 0.6) is 23.1 Å². The smallest absolute Gasteiger partial charge is 0.262 e. The van der Waals surface area contributed by atoms with Crippen molar-refractivity contribution >= 4 is 15.7 Å². The van der Waals surface area contributed by atoms with Crippen LogP contribution in [0, 0.1) is 13.8 Å². The number of nitrogens with one attached hydrogen (secondary N) is 1.